The number of carbonyl (C=O) groups is 1. The van der Waals surface area contributed by atoms with E-state index in [0.717, 1.165) is 26.7 Å². The summed E-state index contributed by atoms with van der Waals surface area (Å²) in [4.78, 5) is 13.1. The van der Waals surface area contributed by atoms with Crippen LogP contribution in [0.2, 0.25) is 5.02 Å². The Morgan fingerprint density at radius 3 is 2.59 bits per heavy atom. The van der Waals surface area contributed by atoms with Crippen LogP contribution in [-0.2, 0) is 16.9 Å². The topological polar surface area (TPSA) is 98.3 Å². The Morgan fingerprint density at radius 1 is 1.09 bits per heavy atom. The number of ether oxygens (including phenoxy) is 1. The number of halogens is 1. The van der Waals surface area contributed by atoms with Crippen LogP contribution in [0.1, 0.15) is 23.9 Å². The van der Waals surface area contributed by atoms with Gasteiger partial charge >= 0.3 is 5.97 Å². The molecule has 1 heterocycles. The molecule has 0 aliphatic rings. The average molecular weight is 512 g/mol. The molecule has 0 aliphatic carbocycles. The molecule has 0 saturated heterocycles. The first-order valence-corrected chi connectivity index (χ1v) is 12.4. The van der Waals surface area contributed by atoms with E-state index in [2.05, 4.69) is 10.2 Å². The highest BCUT2D eigenvalue weighted by molar-refractivity contribution is 7.99. The van der Waals surface area contributed by atoms with Gasteiger partial charge in [-0.1, -0.05) is 71.1 Å². The third kappa shape index (κ3) is 6.15. The van der Waals surface area contributed by atoms with Gasteiger partial charge in [-0.2, -0.15) is 0 Å². The van der Waals surface area contributed by atoms with Crippen molar-refractivity contribution in [1.82, 2.24) is 10.2 Å². The number of carboxylic acids is 1. The van der Waals surface area contributed by atoms with Crippen LogP contribution in [0.4, 0.5) is 0 Å². The van der Waals surface area contributed by atoms with E-state index >= 15 is 0 Å². The summed E-state index contributed by atoms with van der Waals surface area (Å²) in [6.45, 7) is 2.14. The molecule has 0 radical (unpaired) electrons. The Balaban J connectivity index is 1.45. The van der Waals surface area contributed by atoms with Crippen LogP contribution in [0, 0.1) is 0 Å². The molecular weight excluding hydrogens is 490 g/mol. The van der Waals surface area contributed by atoms with Crippen LogP contribution in [0.5, 0.6) is 5.75 Å². The summed E-state index contributed by atoms with van der Waals surface area (Å²) in [7, 11) is 0. The summed E-state index contributed by atoms with van der Waals surface area (Å²) in [5, 5.41) is 18.9. The summed E-state index contributed by atoms with van der Waals surface area (Å²) >= 11 is 9.38. The Kier molecular flexibility index (Phi) is 7.53. The fraction of sp³-hybridized carbons (Fsp3) is 0.160. The maximum absolute atomic E-state index is 11.1. The van der Waals surface area contributed by atoms with E-state index in [0.29, 0.717) is 21.6 Å². The van der Waals surface area contributed by atoms with Gasteiger partial charge in [0.15, 0.2) is 0 Å². The third-order valence-corrected chi connectivity index (χ3v) is 7.42. The van der Waals surface area contributed by atoms with Crippen LogP contribution >= 0.6 is 34.7 Å². The first kappa shape index (κ1) is 24.2. The molecule has 0 saturated carbocycles. The number of hydrogen-bond donors (Lipinski definition) is 2. The van der Waals surface area contributed by atoms with Crippen LogP contribution in [0.25, 0.3) is 10.6 Å². The molecule has 0 unspecified atom stereocenters. The van der Waals surface area contributed by atoms with E-state index in [9.17, 15) is 4.79 Å². The molecule has 1 atom stereocenters. The number of aliphatic carboxylic acids is 1. The SMILES string of the molecule is C[C@](N)(CC(=O)O)c1nnc(-c2ccc(Sc3cccc(OCc4ccccc4)c3)cc2Cl)s1. The third-order valence-electron chi connectivity index (χ3n) is 4.89. The van der Waals surface area contributed by atoms with Crippen LogP contribution < -0.4 is 10.5 Å². The van der Waals surface area contributed by atoms with Crippen molar-refractivity contribution in [3.05, 3.63) is 88.4 Å². The second kappa shape index (κ2) is 10.6. The molecule has 0 amide bonds. The van der Waals surface area contributed by atoms with E-state index < -0.39 is 11.5 Å². The molecule has 4 rings (SSSR count). The summed E-state index contributed by atoms with van der Waals surface area (Å²) in [6.07, 6.45) is -0.237. The zero-order chi connectivity index (χ0) is 24.1. The predicted octanol–water partition coefficient (Wildman–Crippen LogP) is 6.24. The Hall–Kier alpha value is -2.91. The number of benzene rings is 3. The van der Waals surface area contributed by atoms with Gasteiger partial charge in [-0.15, -0.1) is 10.2 Å². The first-order chi connectivity index (χ1) is 16.3. The zero-order valence-corrected chi connectivity index (χ0v) is 20.7. The molecule has 34 heavy (non-hydrogen) atoms. The average Bonchev–Trinajstić information content (AvgIpc) is 3.29. The van der Waals surface area contributed by atoms with E-state index in [4.69, 9.17) is 27.2 Å². The molecule has 9 heteroatoms. The maximum Gasteiger partial charge on any atom is 0.305 e. The number of nitrogens with zero attached hydrogens (tertiary/aromatic N) is 2. The molecule has 0 spiro atoms. The van der Waals surface area contributed by atoms with Crippen molar-refractivity contribution in [2.45, 2.75) is 35.3 Å². The second-order valence-corrected chi connectivity index (χ2v) is 10.4. The van der Waals surface area contributed by atoms with Crippen molar-refractivity contribution in [3.63, 3.8) is 0 Å². The highest BCUT2D eigenvalue weighted by atomic mass is 35.5. The number of rotatable bonds is 9. The Bertz CT molecular complexity index is 1300. The van der Waals surface area contributed by atoms with Crippen LogP contribution in [0.15, 0.2) is 82.6 Å². The van der Waals surface area contributed by atoms with Gasteiger partial charge in [0, 0.05) is 15.4 Å². The van der Waals surface area contributed by atoms with Gasteiger partial charge in [0.1, 0.15) is 22.4 Å². The fourth-order valence-electron chi connectivity index (χ4n) is 3.19. The van der Waals surface area contributed by atoms with Gasteiger partial charge in [0.25, 0.3) is 0 Å². The predicted molar refractivity (Wildman–Crippen MR) is 135 cm³/mol. The summed E-state index contributed by atoms with van der Waals surface area (Å²) in [5.41, 5.74) is 6.86. The van der Waals surface area contributed by atoms with Gasteiger partial charge in [-0.05, 0) is 48.9 Å². The van der Waals surface area contributed by atoms with E-state index in [1.807, 2.05) is 72.8 Å². The van der Waals surface area contributed by atoms with Crippen molar-refractivity contribution >= 4 is 40.7 Å². The standard InChI is InChI=1S/C25H22ClN3O3S2/c1-25(27,14-22(30)31)24-29-28-23(34-24)20-11-10-19(13-21(20)26)33-18-9-5-8-17(12-18)32-15-16-6-3-2-4-7-16/h2-13H,14-15,27H2,1H3,(H,30,31)/t25-/m0/s1. The van der Waals surface area contributed by atoms with Crippen LogP contribution in [-0.4, -0.2) is 21.3 Å². The van der Waals surface area contributed by atoms with Gasteiger partial charge in [0.2, 0.25) is 0 Å². The van der Waals surface area contributed by atoms with Crippen molar-refractivity contribution in [1.29, 1.82) is 0 Å². The number of carboxylic acid groups (broad SMARTS) is 1. The van der Waals surface area contributed by atoms with Crippen LogP contribution in [0.3, 0.4) is 0 Å². The smallest absolute Gasteiger partial charge is 0.305 e. The molecule has 1 aromatic heterocycles. The van der Waals surface area contributed by atoms with Gasteiger partial charge in [-0.25, -0.2) is 0 Å². The molecule has 3 N–H and O–H groups in total. The molecule has 6 nitrogen and oxygen atoms in total. The molecular formula is C25H22ClN3O3S2. The van der Waals surface area contributed by atoms with Gasteiger partial charge in [-0.3, -0.25) is 4.79 Å². The van der Waals surface area contributed by atoms with Crippen molar-refractivity contribution in [2.75, 3.05) is 0 Å². The fourth-order valence-corrected chi connectivity index (χ4v) is 5.43. The monoisotopic (exact) mass is 511 g/mol. The Labute approximate surface area is 210 Å². The van der Waals surface area contributed by atoms with Crippen molar-refractivity contribution in [2.24, 2.45) is 5.73 Å². The maximum atomic E-state index is 11.1. The molecule has 0 aliphatic heterocycles. The summed E-state index contributed by atoms with van der Waals surface area (Å²) in [6, 6.07) is 23.7. The van der Waals surface area contributed by atoms with Gasteiger partial charge in [0.05, 0.1) is 17.0 Å². The molecule has 0 fully saturated rings. The second-order valence-electron chi connectivity index (χ2n) is 7.89. The highest BCUT2D eigenvalue weighted by Crippen LogP contribution is 2.38. The Morgan fingerprint density at radius 2 is 1.85 bits per heavy atom. The number of hydrogen-bond acceptors (Lipinski definition) is 7. The summed E-state index contributed by atoms with van der Waals surface area (Å²) in [5.74, 6) is -0.195. The number of aromatic nitrogens is 2. The molecule has 4 aromatic rings. The van der Waals surface area contributed by atoms with E-state index in [1.54, 1.807) is 18.7 Å². The lowest BCUT2D eigenvalue weighted by molar-refractivity contribution is -0.138. The normalized spacial score (nSPS) is 12.8. The highest BCUT2D eigenvalue weighted by Gasteiger charge is 2.29. The minimum atomic E-state index is -1.10. The molecule has 174 valence electrons. The molecule has 0 bridgehead atoms. The van der Waals surface area contributed by atoms with E-state index in [1.165, 1.54) is 11.3 Å². The molecule has 3 aromatic carbocycles. The lowest BCUT2D eigenvalue weighted by Crippen LogP contribution is -2.35. The van der Waals surface area contributed by atoms with Crippen molar-refractivity contribution in [3.8, 4) is 16.3 Å². The lowest BCUT2D eigenvalue weighted by Gasteiger charge is -2.18. The zero-order valence-electron chi connectivity index (χ0n) is 18.3. The minimum absolute atomic E-state index is 0.237. The largest absolute Gasteiger partial charge is 0.489 e. The lowest BCUT2D eigenvalue weighted by atomic mass is 10.0. The quantitative estimate of drug-likeness (QED) is 0.274. The van der Waals surface area contributed by atoms with E-state index in [-0.39, 0.29) is 6.42 Å². The van der Waals surface area contributed by atoms with Crippen molar-refractivity contribution < 1.29 is 14.6 Å². The number of nitrogens with two attached hydrogens (primary N) is 1. The first-order valence-electron chi connectivity index (χ1n) is 10.4. The summed E-state index contributed by atoms with van der Waals surface area (Å²) < 4.78 is 5.92. The van der Waals surface area contributed by atoms with Gasteiger partial charge < -0.3 is 15.6 Å². The minimum Gasteiger partial charge on any atom is -0.489 e.